The van der Waals surface area contributed by atoms with Crippen LogP contribution in [0.25, 0.3) is 0 Å². The van der Waals surface area contributed by atoms with Gasteiger partial charge in [0.1, 0.15) is 16.8 Å². The monoisotopic (exact) mass is 448 g/mol. The number of amides is 1. The zero-order valence-electron chi connectivity index (χ0n) is 17.6. The van der Waals surface area contributed by atoms with E-state index >= 15 is 0 Å². The number of sulfonamides is 1. The molecule has 1 saturated heterocycles. The van der Waals surface area contributed by atoms with Gasteiger partial charge in [-0.05, 0) is 56.9 Å². The van der Waals surface area contributed by atoms with Crippen LogP contribution >= 0.6 is 0 Å². The van der Waals surface area contributed by atoms with Crippen molar-refractivity contribution in [2.75, 3.05) is 18.5 Å². The van der Waals surface area contributed by atoms with E-state index in [1.54, 1.807) is 0 Å². The second-order valence-corrected chi connectivity index (χ2v) is 9.49. The highest BCUT2D eigenvalue weighted by atomic mass is 32.2. The fourth-order valence-electron chi connectivity index (χ4n) is 3.83. The van der Waals surface area contributed by atoms with Crippen LogP contribution in [0.3, 0.4) is 0 Å². The third-order valence-corrected chi connectivity index (χ3v) is 7.13. The highest BCUT2D eigenvalue weighted by Gasteiger charge is 2.41. The van der Waals surface area contributed by atoms with E-state index in [4.69, 9.17) is 4.74 Å². The van der Waals surface area contributed by atoms with Crippen LogP contribution in [-0.4, -0.2) is 43.8 Å². The lowest BCUT2D eigenvalue weighted by Gasteiger charge is -2.23. The van der Waals surface area contributed by atoms with Gasteiger partial charge in [-0.25, -0.2) is 12.8 Å². The molecule has 0 radical (unpaired) electrons. The predicted molar refractivity (Wildman–Crippen MR) is 114 cm³/mol. The van der Waals surface area contributed by atoms with Crippen molar-refractivity contribution >= 4 is 27.6 Å². The quantitative estimate of drug-likeness (QED) is 0.686. The fourth-order valence-corrected chi connectivity index (χ4v) is 5.54. The van der Waals surface area contributed by atoms with E-state index in [9.17, 15) is 22.4 Å². The summed E-state index contributed by atoms with van der Waals surface area (Å²) in [4.78, 5) is 24.4. The molecule has 0 aliphatic carbocycles. The summed E-state index contributed by atoms with van der Waals surface area (Å²) in [7, 11) is -4.21. The number of benzene rings is 2. The summed E-state index contributed by atoms with van der Waals surface area (Å²) in [5.41, 5.74) is 3.48. The predicted octanol–water partition coefficient (Wildman–Crippen LogP) is 3.09. The SMILES string of the molecule is Cc1cc(C)c(NC(=O)COC(=O)C2CCCN2S(=O)(=O)c2ccccc2F)c(C)c1. The Morgan fingerprint density at radius 3 is 2.45 bits per heavy atom. The molecule has 1 unspecified atom stereocenters. The molecule has 0 saturated carbocycles. The maximum Gasteiger partial charge on any atom is 0.324 e. The zero-order valence-corrected chi connectivity index (χ0v) is 18.5. The van der Waals surface area contributed by atoms with Crippen molar-refractivity contribution in [3.63, 3.8) is 0 Å². The molecule has 1 N–H and O–H groups in total. The topological polar surface area (TPSA) is 92.8 Å². The summed E-state index contributed by atoms with van der Waals surface area (Å²) >= 11 is 0. The first-order valence-corrected chi connectivity index (χ1v) is 11.4. The number of hydrogen-bond acceptors (Lipinski definition) is 5. The Balaban J connectivity index is 1.66. The maximum absolute atomic E-state index is 14.0. The standard InChI is InChI=1S/C22H25FN2O5S/c1-14-11-15(2)21(16(3)12-14)24-20(26)13-30-22(27)18-8-6-10-25(18)31(28,29)19-9-5-4-7-17(19)23/h4-5,7,9,11-12,18H,6,8,10,13H2,1-3H3,(H,24,26). The van der Waals surface area contributed by atoms with Crippen LogP contribution in [0.15, 0.2) is 41.3 Å². The van der Waals surface area contributed by atoms with E-state index in [0.717, 1.165) is 33.1 Å². The fraction of sp³-hybridized carbons (Fsp3) is 0.364. The number of rotatable bonds is 6. The molecule has 2 aromatic rings. The van der Waals surface area contributed by atoms with Gasteiger partial charge in [-0.3, -0.25) is 9.59 Å². The van der Waals surface area contributed by atoms with Crippen LogP contribution < -0.4 is 5.32 Å². The largest absolute Gasteiger partial charge is 0.454 e. The third kappa shape index (κ3) is 4.94. The van der Waals surface area contributed by atoms with Crippen LogP contribution in [0.1, 0.15) is 29.5 Å². The second kappa shape index (κ2) is 9.15. The zero-order chi connectivity index (χ0) is 22.8. The minimum Gasteiger partial charge on any atom is -0.454 e. The number of carbonyl (C=O) groups is 2. The molecule has 1 aliphatic rings. The normalized spacial score (nSPS) is 16.8. The molecular weight excluding hydrogens is 423 g/mol. The van der Waals surface area contributed by atoms with Gasteiger partial charge < -0.3 is 10.1 Å². The Morgan fingerprint density at radius 1 is 1.16 bits per heavy atom. The number of nitrogens with zero attached hydrogens (tertiary/aromatic N) is 1. The van der Waals surface area contributed by atoms with Crippen LogP contribution in [0, 0.1) is 26.6 Å². The number of nitrogens with one attached hydrogen (secondary N) is 1. The minimum absolute atomic E-state index is 0.0738. The number of esters is 1. The molecule has 3 rings (SSSR count). The number of aryl methyl sites for hydroxylation is 3. The molecule has 0 aromatic heterocycles. The first-order chi connectivity index (χ1) is 14.6. The molecule has 1 fully saturated rings. The lowest BCUT2D eigenvalue weighted by molar-refractivity contribution is -0.150. The van der Waals surface area contributed by atoms with Crippen molar-refractivity contribution in [1.82, 2.24) is 4.31 Å². The summed E-state index contributed by atoms with van der Waals surface area (Å²) in [6.45, 7) is 5.22. The van der Waals surface area contributed by atoms with E-state index in [1.165, 1.54) is 12.1 Å². The Bertz CT molecular complexity index is 1090. The van der Waals surface area contributed by atoms with E-state index in [-0.39, 0.29) is 13.0 Å². The number of ether oxygens (including phenoxy) is 1. The van der Waals surface area contributed by atoms with Gasteiger partial charge in [0, 0.05) is 12.2 Å². The van der Waals surface area contributed by atoms with Crippen molar-refractivity contribution in [2.24, 2.45) is 0 Å². The average Bonchev–Trinajstić information content (AvgIpc) is 3.20. The van der Waals surface area contributed by atoms with Gasteiger partial charge in [0.15, 0.2) is 6.61 Å². The van der Waals surface area contributed by atoms with Gasteiger partial charge in [-0.15, -0.1) is 0 Å². The van der Waals surface area contributed by atoms with Crippen molar-refractivity contribution in [3.8, 4) is 0 Å². The molecule has 1 aliphatic heterocycles. The first kappa shape index (κ1) is 22.9. The molecule has 166 valence electrons. The molecule has 31 heavy (non-hydrogen) atoms. The van der Waals surface area contributed by atoms with Crippen LogP contribution in [-0.2, 0) is 24.3 Å². The summed E-state index contributed by atoms with van der Waals surface area (Å²) in [6, 6.07) is 7.77. The second-order valence-electron chi connectivity index (χ2n) is 7.63. The highest BCUT2D eigenvalue weighted by molar-refractivity contribution is 7.89. The van der Waals surface area contributed by atoms with Gasteiger partial charge in [0.05, 0.1) is 0 Å². The molecule has 7 nitrogen and oxygen atoms in total. The maximum atomic E-state index is 14.0. The summed E-state index contributed by atoms with van der Waals surface area (Å²) < 4.78 is 45.8. The lowest BCUT2D eigenvalue weighted by atomic mass is 10.1. The molecule has 2 aromatic carbocycles. The summed E-state index contributed by atoms with van der Waals surface area (Å²) in [5, 5.41) is 2.73. The molecule has 0 bridgehead atoms. The molecule has 1 atom stereocenters. The van der Waals surface area contributed by atoms with Crippen molar-refractivity contribution < 1.29 is 27.1 Å². The van der Waals surface area contributed by atoms with Gasteiger partial charge >= 0.3 is 5.97 Å². The minimum atomic E-state index is -4.21. The Kier molecular flexibility index (Phi) is 6.76. The van der Waals surface area contributed by atoms with Crippen LogP contribution in [0.4, 0.5) is 10.1 Å². The lowest BCUT2D eigenvalue weighted by Crippen LogP contribution is -2.42. The van der Waals surface area contributed by atoms with E-state index in [1.807, 2.05) is 32.9 Å². The van der Waals surface area contributed by atoms with Crippen LogP contribution in [0.2, 0.25) is 0 Å². The van der Waals surface area contributed by atoms with Crippen molar-refractivity contribution in [3.05, 3.63) is 58.9 Å². The Labute approximate surface area is 181 Å². The number of anilines is 1. The van der Waals surface area contributed by atoms with Crippen molar-refractivity contribution in [1.29, 1.82) is 0 Å². The van der Waals surface area contributed by atoms with E-state index in [0.29, 0.717) is 12.1 Å². The molecule has 0 spiro atoms. The molecular formula is C22H25FN2O5S. The smallest absolute Gasteiger partial charge is 0.324 e. The molecule has 9 heteroatoms. The van der Waals surface area contributed by atoms with E-state index in [2.05, 4.69) is 5.32 Å². The third-order valence-electron chi connectivity index (χ3n) is 5.19. The summed E-state index contributed by atoms with van der Waals surface area (Å²) in [5.74, 6) is -2.24. The van der Waals surface area contributed by atoms with Gasteiger partial charge in [-0.2, -0.15) is 4.31 Å². The van der Waals surface area contributed by atoms with Gasteiger partial charge in [0.25, 0.3) is 5.91 Å². The molecule has 1 heterocycles. The van der Waals surface area contributed by atoms with E-state index < -0.39 is 45.3 Å². The number of carbonyl (C=O) groups excluding carboxylic acids is 2. The first-order valence-electron chi connectivity index (χ1n) is 9.92. The average molecular weight is 449 g/mol. The van der Waals surface area contributed by atoms with Crippen LogP contribution in [0.5, 0.6) is 0 Å². The summed E-state index contributed by atoms with van der Waals surface area (Å²) in [6.07, 6.45) is 0.672. The number of halogens is 1. The molecule has 1 amide bonds. The Morgan fingerprint density at radius 2 is 1.81 bits per heavy atom. The highest BCUT2D eigenvalue weighted by Crippen LogP contribution is 2.28. The number of hydrogen-bond donors (Lipinski definition) is 1. The Hall–Kier alpha value is -2.78. The van der Waals surface area contributed by atoms with Gasteiger partial charge in [-0.1, -0.05) is 29.8 Å². The van der Waals surface area contributed by atoms with Gasteiger partial charge in [0.2, 0.25) is 10.0 Å². The van der Waals surface area contributed by atoms with Crippen molar-refractivity contribution in [2.45, 2.75) is 44.6 Å².